The van der Waals surface area contributed by atoms with Crippen molar-refractivity contribution in [2.24, 2.45) is 0 Å². The van der Waals surface area contributed by atoms with Gasteiger partial charge in [0.15, 0.2) is 0 Å². The lowest BCUT2D eigenvalue weighted by Gasteiger charge is -2.05. The van der Waals surface area contributed by atoms with E-state index in [-0.39, 0.29) is 0 Å². The first-order valence-electron chi connectivity index (χ1n) is 6.79. The standard InChI is InChI=1S/C18H19NO/c1-19-14-6-5-7-16-10-12-18(13-11-16)20-15-17-8-3-2-4-9-17/h2-4,8-13,19H,6,14-15H2,1H3. The molecule has 0 radical (unpaired) electrons. The average molecular weight is 265 g/mol. The molecule has 2 heteroatoms. The van der Waals surface area contributed by atoms with Crippen LogP contribution in [0.25, 0.3) is 0 Å². The van der Waals surface area contributed by atoms with Crippen molar-refractivity contribution in [1.82, 2.24) is 5.32 Å². The molecule has 2 nitrogen and oxygen atoms in total. The van der Waals surface area contributed by atoms with Gasteiger partial charge in [0.25, 0.3) is 0 Å². The van der Waals surface area contributed by atoms with Crippen LogP contribution in [0.3, 0.4) is 0 Å². The molecule has 0 aliphatic carbocycles. The van der Waals surface area contributed by atoms with Gasteiger partial charge in [-0.15, -0.1) is 0 Å². The summed E-state index contributed by atoms with van der Waals surface area (Å²) >= 11 is 0. The van der Waals surface area contributed by atoms with Gasteiger partial charge in [-0.1, -0.05) is 42.2 Å². The van der Waals surface area contributed by atoms with Gasteiger partial charge in [0, 0.05) is 18.5 Å². The summed E-state index contributed by atoms with van der Waals surface area (Å²) in [6.07, 6.45) is 0.864. The first kappa shape index (κ1) is 14.2. The van der Waals surface area contributed by atoms with Gasteiger partial charge in [-0.25, -0.2) is 0 Å². The Labute approximate surface area is 120 Å². The number of ether oxygens (including phenoxy) is 1. The van der Waals surface area contributed by atoms with Crippen LogP contribution in [-0.4, -0.2) is 13.6 Å². The van der Waals surface area contributed by atoms with Gasteiger partial charge in [0.2, 0.25) is 0 Å². The summed E-state index contributed by atoms with van der Waals surface area (Å²) in [5.74, 6) is 7.13. The monoisotopic (exact) mass is 265 g/mol. The van der Waals surface area contributed by atoms with E-state index in [9.17, 15) is 0 Å². The SMILES string of the molecule is CNCCC#Cc1ccc(OCc2ccccc2)cc1. The van der Waals surface area contributed by atoms with Gasteiger partial charge in [0.05, 0.1) is 0 Å². The van der Waals surface area contributed by atoms with E-state index in [4.69, 9.17) is 4.74 Å². The van der Waals surface area contributed by atoms with Crippen molar-refractivity contribution in [2.45, 2.75) is 13.0 Å². The van der Waals surface area contributed by atoms with Crippen molar-refractivity contribution in [3.05, 3.63) is 65.7 Å². The molecule has 20 heavy (non-hydrogen) atoms. The van der Waals surface area contributed by atoms with Crippen molar-refractivity contribution in [1.29, 1.82) is 0 Å². The lowest BCUT2D eigenvalue weighted by Crippen LogP contribution is -2.05. The predicted molar refractivity (Wildman–Crippen MR) is 82.6 cm³/mol. The summed E-state index contributed by atoms with van der Waals surface area (Å²) in [6, 6.07) is 18.1. The van der Waals surface area contributed by atoms with E-state index in [0.717, 1.165) is 24.3 Å². The molecule has 0 heterocycles. The lowest BCUT2D eigenvalue weighted by atomic mass is 10.2. The van der Waals surface area contributed by atoms with E-state index >= 15 is 0 Å². The zero-order valence-corrected chi connectivity index (χ0v) is 11.7. The highest BCUT2D eigenvalue weighted by Gasteiger charge is 1.95. The second-order valence-corrected chi connectivity index (χ2v) is 4.45. The summed E-state index contributed by atoms with van der Waals surface area (Å²) in [4.78, 5) is 0. The Kier molecular flexibility index (Phi) is 5.70. The van der Waals surface area contributed by atoms with Crippen LogP contribution in [0.15, 0.2) is 54.6 Å². The zero-order valence-electron chi connectivity index (χ0n) is 11.7. The highest BCUT2D eigenvalue weighted by atomic mass is 16.5. The molecule has 0 aromatic heterocycles. The summed E-state index contributed by atoms with van der Waals surface area (Å²) in [5.41, 5.74) is 2.19. The van der Waals surface area contributed by atoms with Crippen LogP contribution in [0.2, 0.25) is 0 Å². The summed E-state index contributed by atoms with van der Waals surface area (Å²) < 4.78 is 5.73. The minimum absolute atomic E-state index is 0.591. The van der Waals surface area contributed by atoms with Crippen LogP contribution in [0, 0.1) is 11.8 Å². The Hall–Kier alpha value is -2.24. The molecule has 0 amide bonds. The molecule has 2 aromatic rings. The van der Waals surface area contributed by atoms with Crippen molar-refractivity contribution in [2.75, 3.05) is 13.6 Å². The van der Waals surface area contributed by atoms with Crippen molar-refractivity contribution < 1.29 is 4.74 Å². The Morgan fingerprint density at radius 3 is 2.45 bits per heavy atom. The Morgan fingerprint density at radius 2 is 1.75 bits per heavy atom. The maximum absolute atomic E-state index is 5.73. The number of hydrogen-bond donors (Lipinski definition) is 1. The number of rotatable bonds is 5. The van der Waals surface area contributed by atoms with Gasteiger partial charge in [-0.05, 0) is 36.9 Å². The van der Waals surface area contributed by atoms with Gasteiger partial charge in [-0.2, -0.15) is 0 Å². The lowest BCUT2D eigenvalue weighted by molar-refractivity contribution is 0.306. The minimum atomic E-state index is 0.591. The minimum Gasteiger partial charge on any atom is -0.489 e. The molecule has 2 aromatic carbocycles. The summed E-state index contributed by atoms with van der Waals surface area (Å²) in [6.45, 7) is 1.51. The molecule has 1 N–H and O–H groups in total. The molecule has 2 rings (SSSR count). The topological polar surface area (TPSA) is 21.3 Å². The molecule has 0 atom stereocenters. The molecule has 0 bridgehead atoms. The Morgan fingerprint density at radius 1 is 1.00 bits per heavy atom. The van der Waals surface area contributed by atoms with E-state index < -0.39 is 0 Å². The second-order valence-electron chi connectivity index (χ2n) is 4.45. The molecule has 0 saturated carbocycles. The molecular weight excluding hydrogens is 246 g/mol. The Balaban J connectivity index is 1.86. The highest BCUT2D eigenvalue weighted by Crippen LogP contribution is 2.13. The molecular formula is C18H19NO. The third-order valence-corrected chi connectivity index (χ3v) is 2.84. The quantitative estimate of drug-likeness (QED) is 0.662. The Bertz CT molecular complexity index is 564. The van der Waals surface area contributed by atoms with Crippen LogP contribution < -0.4 is 10.1 Å². The summed E-state index contributed by atoms with van der Waals surface area (Å²) in [7, 11) is 1.93. The first-order chi connectivity index (χ1) is 9.88. The van der Waals surface area contributed by atoms with E-state index in [1.807, 2.05) is 49.5 Å². The molecule has 0 saturated heterocycles. The van der Waals surface area contributed by atoms with E-state index in [1.165, 1.54) is 5.56 Å². The van der Waals surface area contributed by atoms with Crippen LogP contribution in [0.1, 0.15) is 17.5 Å². The second kappa shape index (κ2) is 8.04. The maximum Gasteiger partial charge on any atom is 0.119 e. The van der Waals surface area contributed by atoms with Gasteiger partial charge in [-0.3, -0.25) is 0 Å². The van der Waals surface area contributed by atoms with Crippen LogP contribution in [0.5, 0.6) is 5.75 Å². The molecule has 0 fully saturated rings. The van der Waals surface area contributed by atoms with Crippen molar-refractivity contribution in [3.8, 4) is 17.6 Å². The molecule has 0 aliphatic heterocycles. The normalized spacial score (nSPS) is 9.65. The van der Waals surface area contributed by atoms with Gasteiger partial charge < -0.3 is 10.1 Å². The van der Waals surface area contributed by atoms with Crippen molar-refractivity contribution in [3.63, 3.8) is 0 Å². The fourth-order valence-electron chi connectivity index (χ4n) is 1.73. The van der Waals surface area contributed by atoms with Crippen LogP contribution in [0.4, 0.5) is 0 Å². The molecule has 0 unspecified atom stereocenters. The molecule has 0 aliphatic rings. The zero-order chi connectivity index (χ0) is 14.0. The fraction of sp³-hybridized carbons (Fsp3) is 0.222. The molecule has 102 valence electrons. The highest BCUT2D eigenvalue weighted by molar-refractivity contribution is 5.38. The first-order valence-corrected chi connectivity index (χ1v) is 6.79. The van der Waals surface area contributed by atoms with Gasteiger partial charge in [0.1, 0.15) is 12.4 Å². The van der Waals surface area contributed by atoms with E-state index in [2.05, 4.69) is 29.3 Å². The molecule has 0 spiro atoms. The average Bonchev–Trinajstić information content (AvgIpc) is 2.52. The number of nitrogens with one attached hydrogen (secondary N) is 1. The maximum atomic E-state index is 5.73. The summed E-state index contributed by atoms with van der Waals surface area (Å²) in [5, 5.41) is 3.07. The predicted octanol–water partition coefficient (Wildman–Crippen LogP) is 3.23. The number of hydrogen-bond acceptors (Lipinski definition) is 2. The smallest absolute Gasteiger partial charge is 0.119 e. The van der Waals surface area contributed by atoms with Crippen LogP contribution in [-0.2, 0) is 6.61 Å². The largest absolute Gasteiger partial charge is 0.489 e. The fourth-order valence-corrected chi connectivity index (χ4v) is 1.73. The van der Waals surface area contributed by atoms with E-state index in [0.29, 0.717) is 6.61 Å². The van der Waals surface area contributed by atoms with Crippen LogP contribution >= 0.6 is 0 Å². The van der Waals surface area contributed by atoms with Crippen molar-refractivity contribution >= 4 is 0 Å². The third-order valence-electron chi connectivity index (χ3n) is 2.84. The third kappa shape index (κ3) is 4.79. The van der Waals surface area contributed by atoms with Gasteiger partial charge >= 0.3 is 0 Å². The van der Waals surface area contributed by atoms with E-state index in [1.54, 1.807) is 0 Å². The number of benzene rings is 2.